The Kier molecular flexibility index (Phi) is 5.72. The maximum Gasteiger partial charge on any atom is 0.234 e. The SMILES string of the molecule is CCc1ccccc1NC(=O)CSc1nc2c(cc1C#N)CCCC2. The van der Waals surface area contributed by atoms with Crippen molar-refractivity contribution in [1.82, 2.24) is 4.98 Å². The molecule has 5 heteroatoms. The second-order valence-electron chi connectivity index (χ2n) is 6.11. The van der Waals surface area contributed by atoms with E-state index in [1.54, 1.807) is 0 Å². The molecule has 0 radical (unpaired) electrons. The molecule has 1 heterocycles. The molecule has 4 nitrogen and oxygen atoms in total. The van der Waals surface area contributed by atoms with Crippen LogP contribution in [0.25, 0.3) is 0 Å². The zero-order valence-corrected chi connectivity index (χ0v) is 15.2. The van der Waals surface area contributed by atoms with Crippen LogP contribution in [0.15, 0.2) is 35.4 Å². The molecule has 0 atom stereocenters. The molecule has 1 amide bonds. The molecule has 25 heavy (non-hydrogen) atoms. The number of pyridine rings is 1. The monoisotopic (exact) mass is 351 g/mol. The number of para-hydroxylation sites is 1. The second-order valence-corrected chi connectivity index (χ2v) is 7.08. The van der Waals surface area contributed by atoms with Gasteiger partial charge in [-0.3, -0.25) is 4.79 Å². The Morgan fingerprint density at radius 1 is 1.32 bits per heavy atom. The molecule has 1 aliphatic carbocycles. The number of carbonyl (C=O) groups excluding carboxylic acids is 1. The van der Waals surface area contributed by atoms with Crippen molar-refractivity contribution in [2.75, 3.05) is 11.1 Å². The second kappa shape index (κ2) is 8.17. The first kappa shape index (κ1) is 17.5. The number of nitrogens with one attached hydrogen (secondary N) is 1. The van der Waals surface area contributed by atoms with Crippen LogP contribution < -0.4 is 5.32 Å². The van der Waals surface area contributed by atoms with Crippen LogP contribution in [-0.2, 0) is 24.1 Å². The van der Waals surface area contributed by atoms with E-state index in [2.05, 4.69) is 23.3 Å². The first-order chi connectivity index (χ1) is 12.2. The molecular weight excluding hydrogens is 330 g/mol. The van der Waals surface area contributed by atoms with Gasteiger partial charge in [0.15, 0.2) is 0 Å². The van der Waals surface area contributed by atoms with Gasteiger partial charge < -0.3 is 5.32 Å². The van der Waals surface area contributed by atoms with Gasteiger partial charge in [0.05, 0.1) is 11.3 Å². The topological polar surface area (TPSA) is 65.8 Å². The molecule has 0 saturated heterocycles. The quantitative estimate of drug-likeness (QED) is 0.823. The Bertz CT molecular complexity index is 826. The van der Waals surface area contributed by atoms with Crippen LogP contribution in [0.4, 0.5) is 5.69 Å². The van der Waals surface area contributed by atoms with E-state index in [0.717, 1.165) is 49.0 Å². The highest BCUT2D eigenvalue weighted by Crippen LogP contribution is 2.27. The van der Waals surface area contributed by atoms with E-state index in [-0.39, 0.29) is 11.7 Å². The Hall–Kier alpha value is -2.32. The Morgan fingerprint density at radius 2 is 2.12 bits per heavy atom. The number of benzene rings is 1. The number of hydrogen-bond donors (Lipinski definition) is 1. The number of aromatic nitrogens is 1. The number of amides is 1. The van der Waals surface area contributed by atoms with Crippen molar-refractivity contribution in [3.05, 3.63) is 52.7 Å². The number of nitrogens with zero attached hydrogens (tertiary/aromatic N) is 2. The van der Waals surface area contributed by atoms with Crippen LogP contribution >= 0.6 is 11.8 Å². The summed E-state index contributed by atoms with van der Waals surface area (Å²) in [6, 6.07) is 12.0. The number of aryl methyl sites for hydroxylation is 3. The van der Waals surface area contributed by atoms with Gasteiger partial charge in [-0.15, -0.1) is 0 Å². The average Bonchev–Trinajstić information content (AvgIpc) is 2.66. The highest BCUT2D eigenvalue weighted by atomic mass is 32.2. The summed E-state index contributed by atoms with van der Waals surface area (Å²) >= 11 is 1.34. The summed E-state index contributed by atoms with van der Waals surface area (Å²) in [6.07, 6.45) is 5.13. The van der Waals surface area contributed by atoms with Crippen molar-refractivity contribution < 1.29 is 4.79 Å². The molecule has 1 aliphatic rings. The van der Waals surface area contributed by atoms with Gasteiger partial charge in [-0.1, -0.05) is 36.9 Å². The summed E-state index contributed by atoms with van der Waals surface area (Å²) in [5, 5.41) is 13.0. The fourth-order valence-corrected chi connectivity index (χ4v) is 3.85. The highest BCUT2D eigenvalue weighted by molar-refractivity contribution is 8.00. The van der Waals surface area contributed by atoms with Crippen LogP contribution in [0.2, 0.25) is 0 Å². The molecule has 1 aromatic heterocycles. The third-order valence-electron chi connectivity index (χ3n) is 4.40. The standard InChI is InChI=1S/C20H21N3OS/c1-2-14-7-3-5-9-17(14)22-19(24)13-25-20-16(12-21)11-15-8-4-6-10-18(15)23-20/h3,5,7,9,11H,2,4,6,8,10,13H2,1H3,(H,22,24). The molecular formula is C20H21N3OS. The Morgan fingerprint density at radius 3 is 2.92 bits per heavy atom. The molecule has 0 saturated carbocycles. The highest BCUT2D eigenvalue weighted by Gasteiger charge is 2.16. The zero-order chi connectivity index (χ0) is 17.6. The number of hydrogen-bond acceptors (Lipinski definition) is 4. The first-order valence-electron chi connectivity index (χ1n) is 8.64. The van der Waals surface area contributed by atoms with Gasteiger partial charge in [0, 0.05) is 11.4 Å². The number of anilines is 1. The lowest BCUT2D eigenvalue weighted by Crippen LogP contribution is -2.16. The lowest BCUT2D eigenvalue weighted by molar-refractivity contribution is -0.113. The van der Waals surface area contributed by atoms with Crippen LogP contribution in [0.3, 0.4) is 0 Å². The van der Waals surface area contributed by atoms with Gasteiger partial charge in [-0.25, -0.2) is 4.98 Å². The average molecular weight is 351 g/mol. The number of rotatable bonds is 5. The van der Waals surface area contributed by atoms with E-state index in [4.69, 9.17) is 0 Å². The maximum absolute atomic E-state index is 12.3. The van der Waals surface area contributed by atoms with Crippen molar-refractivity contribution in [1.29, 1.82) is 5.26 Å². The molecule has 128 valence electrons. The van der Waals surface area contributed by atoms with Crippen LogP contribution in [0, 0.1) is 11.3 Å². The fourth-order valence-electron chi connectivity index (χ4n) is 3.08. The Labute approximate surface area is 152 Å². The summed E-state index contributed by atoms with van der Waals surface area (Å²) in [7, 11) is 0. The minimum absolute atomic E-state index is 0.0747. The van der Waals surface area contributed by atoms with Crippen molar-refractivity contribution in [3.8, 4) is 6.07 Å². The Balaban J connectivity index is 1.69. The van der Waals surface area contributed by atoms with Crippen molar-refractivity contribution in [2.24, 2.45) is 0 Å². The third-order valence-corrected chi connectivity index (χ3v) is 5.39. The van der Waals surface area contributed by atoms with E-state index < -0.39 is 0 Å². The summed E-state index contributed by atoms with van der Waals surface area (Å²) in [5.41, 5.74) is 4.82. The van der Waals surface area contributed by atoms with Crippen LogP contribution in [0.5, 0.6) is 0 Å². The number of fused-ring (bicyclic) bond motifs is 1. The predicted octanol–water partition coefficient (Wildman–Crippen LogP) is 4.13. The number of nitriles is 1. The molecule has 0 fully saturated rings. The van der Waals surface area contributed by atoms with Crippen LogP contribution in [0.1, 0.15) is 42.1 Å². The molecule has 2 aromatic rings. The zero-order valence-electron chi connectivity index (χ0n) is 14.3. The van der Waals surface area contributed by atoms with Crippen molar-refractivity contribution in [2.45, 2.75) is 44.1 Å². The first-order valence-corrected chi connectivity index (χ1v) is 9.63. The van der Waals surface area contributed by atoms with E-state index >= 15 is 0 Å². The van der Waals surface area contributed by atoms with E-state index in [9.17, 15) is 10.1 Å². The smallest absolute Gasteiger partial charge is 0.234 e. The predicted molar refractivity (Wildman–Crippen MR) is 101 cm³/mol. The molecule has 3 rings (SSSR count). The summed E-state index contributed by atoms with van der Waals surface area (Å²) in [6.45, 7) is 2.07. The molecule has 0 bridgehead atoms. The van der Waals surface area contributed by atoms with Crippen LogP contribution in [-0.4, -0.2) is 16.6 Å². The summed E-state index contributed by atoms with van der Waals surface area (Å²) < 4.78 is 0. The molecule has 1 aromatic carbocycles. The van der Waals surface area contributed by atoms with Crippen molar-refractivity contribution >= 4 is 23.4 Å². The van der Waals surface area contributed by atoms with Gasteiger partial charge >= 0.3 is 0 Å². The van der Waals surface area contributed by atoms with Gasteiger partial charge in [-0.05, 0) is 55.4 Å². The number of carbonyl (C=O) groups is 1. The molecule has 0 unspecified atom stereocenters. The summed E-state index contributed by atoms with van der Waals surface area (Å²) in [4.78, 5) is 17.0. The van der Waals surface area contributed by atoms with Crippen molar-refractivity contribution in [3.63, 3.8) is 0 Å². The molecule has 0 spiro atoms. The maximum atomic E-state index is 12.3. The van der Waals surface area contributed by atoms with E-state index in [1.807, 2.05) is 30.3 Å². The van der Waals surface area contributed by atoms with E-state index in [0.29, 0.717) is 10.6 Å². The molecule has 0 aliphatic heterocycles. The number of thioether (sulfide) groups is 1. The third kappa shape index (κ3) is 4.21. The van der Waals surface area contributed by atoms with Gasteiger partial charge in [0.1, 0.15) is 11.1 Å². The normalized spacial score (nSPS) is 13.0. The molecule has 1 N–H and O–H groups in total. The van der Waals surface area contributed by atoms with Gasteiger partial charge in [-0.2, -0.15) is 5.26 Å². The minimum Gasteiger partial charge on any atom is -0.325 e. The lowest BCUT2D eigenvalue weighted by Gasteiger charge is -2.16. The lowest BCUT2D eigenvalue weighted by atomic mass is 9.95. The minimum atomic E-state index is -0.0747. The summed E-state index contributed by atoms with van der Waals surface area (Å²) in [5.74, 6) is 0.174. The largest absolute Gasteiger partial charge is 0.325 e. The fraction of sp³-hybridized carbons (Fsp3) is 0.350. The van der Waals surface area contributed by atoms with Gasteiger partial charge in [0.2, 0.25) is 5.91 Å². The van der Waals surface area contributed by atoms with E-state index in [1.165, 1.54) is 17.3 Å². The van der Waals surface area contributed by atoms with Gasteiger partial charge in [0.25, 0.3) is 0 Å².